The van der Waals surface area contributed by atoms with Gasteiger partial charge in [0, 0.05) is 31.0 Å². The summed E-state index contributed by atoms with van der Waals surface area (Å²) in [5.74, 6) is 0. The lowest BCUT2D eigenvalue weighted by atomic mass is 10.1. The van der Waals surface area contributed by atoms with Gasteiger partial charge in [-0.15, -0.1) is 0 Å². The van der Waals surface area contributed by atoms with Crippen LogP contribution < -0.4 is 10.2 Å². The van der Waals surface area contributed by atoms with Crippen molar-refractivity contribution in [2.45, 2.75) is 6.92 Å². The van der Waals surface area contributed by atoms with Gasteiger partial charge in [0.15, 0.2) is 0 Å². The quantitative estimate of drug-likeness (QED) is 0.463. The lowest BCUT2D eigenvalue weighted by Gasteiger charge is -2.22. The number of aliphatic hydroxyl groups excluding tert-OH is 3. The molecular formula is C19H28N2O3. The second kappa shape index (κ2) is 12.4. The Bertz CT molecular complexity index is 530. The van der Waals surface area contributed by atoms with Gasteiger partial charge in [-0.1, -0.05) is 30.4 Å². The SMILES string of the molecule is C\C=C/C=C(/C=C/c1ccc(N(CCO)CCO)cc1)NCCO. The molecule has 0 saturated heterocycles. The predicted molar refractivity (Wildman–Crippen MR) is 99.8 cm³/mol. The van der Waals surface area contributed by atoms with Gasteiger partial charge in [-0.05, 0) is 36.8 Å². The van der Waals surface area contributed by atoms with Gasteiger partial charge in [-0.2, -0.15) is 0 Å². The molecule has 5 heteroatoms. The number of allylic oxidation sites excluding steroid dienone is 4. The summed E-state index contributed by atoms with van der Waals surface area (Å²) in [5.41, 5.74) is 2.94. The van der Waals surface area contributed by atoms with E-state index >= 15 is 0 Å². The van der Waals surface area contributed by atoms with Crippen molar-refractivity contribution in [3.8, 4) is 0 Å². The van der Waals surface area contributed by atoms with Gasteiger partial charge in [0.05, 0.1) is 19.8 Å². The number of hydrogen-bond acceptors (Lipinski definition) is 5. The van der Waals surface area contributed by atoms with Crippen LogP contribution >= 0.6 is 0 Å². The lowest BCUT2D eigenvalue weighted by molar-refractivity contribution is 0.281. The van der Waals surface area contributed by atoms with Gasteiger partial charge >= 0.3 is 0 Å². The molecule has 1 aromatic carbocycles. The van der Waals surface area contributed by atoms with Crippen molar-refractivity contribution >= 4 is 11.8 Å². The molecule has 0 amide bonds. The zero-order valence-corrected chi connectivity index (χ0v) is 14.2. The van der Waals surface area contributed by atoms with Crippen LogP contribution in [-0.2, 0) is 0 Å². The summed E-state index contributed by atoms with van der Waals surface area (Å²) in [6.07, 6.45) is 9.79. The fourth-order valence-electron chi connectivity index (χ4n) is 2.17. The first-order valence-electron chi connectivity index (χ1n) is 8.17. The Morgan fingerprint density at radius 2 is 1.71 bits per heavy atom. The van der Waals surface area contributed by atoms with E-state index in [1.54, 1.807) is 0 Å². The van der Waals surface area contributed by atoms with Gasteiger partial charge in [0.1, 0.15) is 0 Å². The van der Waals surface area contributed by atoms with Crippen molar-refractivity contribution in [1.82, 2.24) is 5.32 Å². The van der Waals surface area contributed by atoms with Crippen LogP contribution in [-0.4, -0.2) is 54.8 Å². The fraction of sp³-hybridized carbons (Fsp3) is 0.368. The average molecular weight is 332 g/mol. The van der Waals surface area contributed by atoms with E-state index < -0.39 is 0 Å². The number of hydrogen-bond donors (Lipinski definition) is 4. The Balaban J connectivity index is 2.79. The van der Waals surface area contributed by atoms with E-state index in [2.05, 4.69) is 5.32 Å². The van der Waals surface area contributed by atoms with Crippen molar-refractivity contribution in [2.75, 3.05) is 44.4 Å². The van der Waals surface area contributed by atoms with Crippen LogP contribution in [0.1, 0.15) is 12.5 Å². The second-order valence-electron chi connectivity index (χ2n) is 5.16. The van der Waals surface area contributed by atoms with E-state index in [4.69, 9.17) is 15.3 Å². The Labute approximate surface area is 144 Å². The summed E-state index contributed by atoms with van der Waals surface area (Å²) in [4.78, 5) is 1.94. The molecular weight excluding hydrogens is 304 g/mol. The number of aliphatic hydroxyl groups is 3. The Morgan fingerprint density at radius 1 is 1.04 bits per heavy atom. The van der Waals surface area contributed by atoms with Gasteiger partial charge in [-0.3, -0.25) is 0 Å². The van der Waals surface area contributed by atoms with Crippen molar-refractivity contribution in [3.05, 3.63) is 59.8 Å². The topological polar surface area (TPSA) is 76.0 Å². The number of benzene rings is 1. The molecule has 5 nitrogen and oxygen atoms in total. The molecule has 0 radical (unpaired) electrons. The molecule has 0 bridgehead atoms. The highest BCUT2D eigenvalue weighted by molar-refractivity contribution is 5.58. The number of nitrogens with zero attached hydrogens (tertiary/aromatic N) is 1. The molecule has 24 heavy (non-hydrogen) atoms. The molecule has 1 aromatic rings. The standard InChI is InChI=1S/C19H28N2O3/c1-2-3-4-18(20-11-14-22)8-5-17-6-9-19(10-7-17)21(12-15-23)13-16-24/h2-10,20,22-24H,11-16H2,1H3/b3-2-,8-5+,18-4-. The fourth-order valence-corrected chi connectivity index (χ4v) is 2.17. The van der Waals surface area contributed by atoms with Crippen molar-refractivity contribution in [2.24, 2.45) is 0 Å². The minimum Gasteiger partial charge on any atom is -0.395 e. The summed E-state index contributed by atoms with van der Waals surface area (Å²) in [7, 11) is 0. The molecule has 0 aliphatic carbocycles. The molecule has 0 aromatic heterocycles. The minimum absolute atomic E-state index is 0.0529. The smallest absolute Gasteiger partial charge is 0.0606 e. The monoisotopic (exact) mass is 332 g/mol. The minimum atomic E-state index is 0.0529. The van der Waals surface area contributed by atoms with Crippen molar-refractivity contribution < 1.29 is 15.3 Å². The normalized spacial score (nSPS) is 12.2. The van der Waals surface area contributed by atoms with E-state index in [0.717, 1.165) is 16.9 Å². The Morgan fingerprint density at radius 3 is 2.25 bits per heavy atom. The van der Waals surface area contributed by atoms with E-state index in [9.17, 15) is 0 Å². The third kappa shape index (κ3) is 7.46. The number of rotatable bonds is 11. The molecule has 0 saturated carbocycles. The van der Waals surface area contributed by atoms with Crippen LogP contribution in [0.3, 0.4) is 0 Å². The molecule has 0 unspecified atom stereocenters. The maximum absolute atomic E-state index is 9.10. The van der Waals surface area contributed by atoms with E-state index in [1.165, 1.54) is 0 Å². The molecule has 0 aliphatic rings. The second-order valence-corrected chi connectivity index (χ2v) is 5.16. The highest BCUT2D eigenvalue weighted by Gasteiger charge is 2.04. The lowest BCUT2D eigenvalue weighted by Crippen LogP contribution is -2.29. The first-order valence-corrected chi connectivity index (χ1v) is 8.17. The van der Waals surface area contributed by atoms with Crippen LogP contribution in [0, 0.1) is 0 Å². The van der Waals surface area contributed by atoms with Crippen LogP contribution in [0.25, 0.3) is 6.08 Å². The maximum atomic E-state index is 9.10. The van der Waals surface area contributed by atoms with Crippen LogP contribution in [0.5, 0.6) is 0 Å². The van der Waals surface area contributed by atoms with Crippen LogP contribution in [0.15, 0.2) is 54.3 Å². The predicted octanol–water partition coefficient (Wildman–Crippen LogP) is 1.53. The highest BCUT2D eigenvalue weighted by Crippen LogP contribution is 2.16. The summed E-state index contributed by atoms with van der Waals surface area (Å²) in [6, 6.07) is 7.93. The average Bonchev–Trinajstić information content (AvgIpc) is 2.61. The zero-order chi connectivity index (χ0) is 17.6. The first kappa shape index (κ1) is 20.0. The number of anilines is 1. The van der Waals surface area contributed by atoms with Gasteiger partial charge < -0.3 is 25.5 Å². The molecule has 0 spiro atoms. The molecule has 1 rings (SSSR count). The van der Waals surface area contributed by atoms with Crippen molar-refractivity contribution in [3.63, 3.8) is 0 Å². The molecule has 0 atom stereocenters. The largest absolute Gasteiger partial charge is 0.395 e. The van der Waals surface area contributed by atoms with E-state index in [-0.39, 0.29) is 19.8 Å². The van der Waals surface area contributed by atoms with Gasteiger partial charge in [0.2, 0.25) is 0 Å². The first-order chi connectivity index (χ1) is 11.7. The Hall–Kier alpha value is -2.08. The third-order valence-electron chi connectivity index (χ3n) is 3.36. The molecule has 0 fully saturated rings. The highest BCUT2D eigenvalue weighted by atomic mass is 16.3. The summed E-state index contributed by atoms with van der Waals surface area (Å²) >= 11 is 0. The molecule has 132 valence electrons. The summed E-state index contributed by atoms with van der Waals surface area (Å²) in [6.45, 7) is 3.64. The summed E-state index contributed by atoms with van der Waals surface area (Å²) < 4.78 is 0. The summed E-state index contributed by atoms with van der Waals surface area (Å²) in [5, 5.41) is 30.3. The van der Waals surface area contributed by atoms with Crippen LogP contribution in [0.2, 0.25) is 0 Å². The molecule has 0 heterocycles. The van der Waals surface area contributed by atoms with Crippen molar-refractivity contribution in [1.29, 1.82) is 0 Å². The van der Waals surface area contributed by atoms with E-state index in [0.29, 0.717) is 19.6 Å². The molecule has 4 N–H and O–H groups in total. The molecule has 0 aliphatic heterocycles. The Kier molecular flexibility index (Phi) is 10.3. The van der Waals surface area contributed by atoms with Gasteiger partial charge in [-0.25, -0.2) is 0 Å². The van der Waals surface area contributed by atoms with Crippen LogP contribution in [0.4, 0.5) is 5.69 Å². The van der Waals surface area contributed by atoms with E-state index in [1.807, 2.05) is 66.5 Å². The van der Waals surface area contributed by atoms with Gasteiger partial charge in [0.25, 0.3) is 0 Å². The zero-order valence-electron chi connectivity index (χ0n) is 14.2. The third-order valence-corrected chi connectivity index (χ3v) is 3.36. The maximum Gasteiger partial charge on any atom is 0.0606 e. The number of nitrogens with one attached hydrogen (secondary N) is 1.